The number of hydrogen-bond acceptors (Lipinski definition) is 6. The molecule has 0 aromatic heterocycles. The Hall–Kier alpha value is -1.14. The molecular weight excluding hydrogens is 178 g/mol. The Morgan fingerprint density at radius 3 is 1.85 bits per heavy atom. The van der Waals surface area contributed by atoms with Gasteiger partial charge in [0.25, 0.3) is 0 Å². The Kier molecular flexibility index (Phi) is 4.36. The number of nitrogens with one attached hydrogen (secondary N) is 1. The molecule has 0 saturated carbocycles. The average molecular weight is 191 g/mol. The molecule has 0 radical (unpaired) electrons. The monoisotopic (exact) mass is 191 g/mol. The lowest BCUT2D eigenvalue weighted by Gasteiger charge is -2.24. The Bertz CT molecular complexity index is 181. The van der Waals surface area contributed by atoms with Gasteiger partial charge in [0.2, 0.25) is 5.54 Å². The zero-order valence-electron chi connectivity index (χ0n) is 7.79. The number of carbonyl (C=O) groups is 2. The van der Waals surface area contributed by atoms with Crippen molar-refractivity contribution >= 4 is 11.9 Å². The first kappa shape index (κ1) is 11.9. The minimum absolute atomic E-state index is 0.719. The van der Waals surface area contributed by atoms with E-state index in [0.717, 1.165) is 14.2 Å². The maximum Gasteiger partial charge on any atom is 0.340 e. The highest BCUT2D eigenvalue weighted by Gasteiger charge is 2.46. The van der Waals surface area contributed by atoms with Crippen LogP contribution in [0, 0.1) is 0 Å². The summed E-state index contributed by atoms with van der Waals surface area (Å²) in [6.45, 7) is -0.719. The number of carbonyl (C=O) groups excluding carboxylic acids is 2. The Labute approximate surface area is 75.8 Å². The lowest BCUT2D eigenvalue weighted by atomic mass is 10.0. The van der Waals surface area contributed by atoms with E-state index in [4.69, 9.17) is 5.11 Å². The molecule has 0 bridgehead atoms. The molecule has 0 saturated heterocycles. The van der Waals surface area contributed by atoms with Gasteiger partial charge in [-0.2, -0.15) is 0 Å². The highest BCUT2D eigenvalue weighted by molar-refractivity contribution is 6.05. The smallest absolute Gasteiger partial charge is 0.340 e. The van der Waals surface area contributed by atoms with Crippen LogP contribution in [-0.2, 0) is 19.1 Å². The molecular formula is C7H13NO5. The van der Waals surface area contributed by atoms with Crippen LogP contribution in [-0.4, -0.2) is 50.5 Å². The molecule has 0 aromatic carbocycles. The van der Waals surface area contributed by atoms with Crippen molar-refractivity contribution < 1.29 is 24.2 Å². The zero-order valence-corrected chi connectivity index (χ0v) is 7.79. The second-order valence-electron chi connectivity index (χ2n) is 2.30. The third-order valence-electron chi connectivity index (χ3n) is 1.73. The molecule has 6 heteroatoms. The third-order valence-corrected chi connectivity index (χ3v) is 1.73. The summed E-state index contributed by atoms with van der Waals surface area (Å²) >= 11 is 0. The van der Waals surface area contributed by atoms with E-state index < -0.39 is 24.1 Å². The SMILES string of the molecule is CNC(CO)(C(=O)OC)C(=O)OC. The molecule has 6 nitrogen and oxygen atoms in total. The van der Waals surface area contributed by atoms with Crippen LogP contribution in [0.4, 0.5) is 0 Å². The number of methoxy groups -OCH3 is 2. The van der Waals surface area contributed by atoms with E-state index in [1.807, 2.05) is 0 Å². The summed E-state index contributed by atoms with van der Waals surface area (Å²) in [4.78, 5) is 22.3. The number of esters is 2. The molecule has 76 valence electrons. The normalized spacial score (nSPS) is 10.8. The number of hydrogen-bond donors (Lipinski definition) is 2. The van der Waals surface area contributed by atoms with Gasteiger partial charge in [0.05, 0.1) is 20.8 Å². The second kappa shape index (κ2) is 4.78. The predicted molar refractivity (Wildman–Crippen MR) is 42.9 cm³/mol. The number of likely N-dealkylation sites (N-methyl/N-ethyl adjacent to an activating group) is 1. The summed E-state index contributed by atoms with van der Waals surface area (Å²) in [5, 5.41) is 11.3. The van der Waals surface area contributed by atoms with Crippen LogP contribution in [0.1, 0.15) is 0 Å². The van der Waals surface area contributed by atoms with Crippen molar-refractivity contribution in [1.82, 2.24) is 5.32 Å². The molecule has 0 aliphatic carbocycles. The van der Waals surface area contributed by atoms with Crippen LogP contribution in [0.3, 0.4) is 0 Å². The molecule has 0 atom stereocenters. The topological polar surface area (TPSA) is 84.9 Å². The highest BCUT2D eigenvalue weighted by atomic mass is 16.5. The molecule has 0 aliphatic rings. The van der Waals surface area contributed by atoms with Gasteiger partial charge in [0.1, 0.15) is 0 Å². The molecule has 0 spiro atoms. The molecule has 13 heavy (non-hydrogen) atoms. The van der Waals surface area contributed by atoms with Crippen molar-refractivity contribution in [2.75, 3.05) is 27.9 Å². The summed E-state index contributed by atoms with van der Waals surface area (Å²) in [5.74, 6) is -1.77. The van der Waals surface area contributed by atoms with E-state index >= 15 is 0 Å². The summed E-state index contributed by atoms with van der Waals surface area (Å²) in [7, 11) is 3.59. The van der Waals surface area contributed by atoms with Gasteiger partial charge in [-0.3, -0.25) is 5.32 Å². The fraction of sp³-hybridized carbons (Fsp3) is 0.714. The second-order valence-corrected chi connectivity index (χ2v) is 2.30. The van der Waals surface area contributed by atoms with Crippen LogP contribution in [0.25, 0.3) is 0 Å². The number of aliphatic hydroxyl groups excluding tert-OH is 1. The van der Waals surface area contributed by atoms with Crippen LogP contribution >= 0.6 is 0 Å². The van der Waals surface area contributed by atoms with E-state index in [2.05, 4.69) is 14.8 Å². The number of ether oxygens (including phenoxy) is 2. The van der Waals surface area contributed by atoms with E-state index in [1.54, 1.807) is 0 Å². The van der Waals surface area contributed by atoms with E-state index in [1.165, 1.54) is 7.05 Å². The van der Waals surface area contributed by atoms with Crippen molar-refractivity contribution in [2.24, 2.45) is 0 Å². The minimum atomic E-state index is -1.82. The van der Waals surface area contributed by atoms with E-state index in [9.17, 15) is 9.59 Å². The first-order valence-corrected chi connectivity index (χ1v) is 3.55. The van der Waals surface area contributed by atoms with Gasteiger partial charge >= 0.3 is 11.9 Å². The van der Waals surface area contributed by atoms with Crippen molar-refractivity contribution in [3.8, 4) is 0 Å². The van der Waals surface area contributed by atoms with Crippen LogP contribution in [0.5, 0.6) is 0 Å². The van der Waals surface area contributed by atoms with Crippen LogP contribution in [0.15, 0.2) is 0 Å². The van der Waals surface area contributed by atoms with Crippen molar-refractivity contribution in [2.45, 2.75) is 5.54 Å². The van der Waals surface area contributed by atoms with Gasteiger partial charge in [-0.05, 0) is 7.05 Å². The quantitative estimate of drug-likeness (QED) is 0.406. The molecule has 0 unspecified atom stereocenters. The fourth-order valence-electron chi connectivity index (χ4n) is 0.844. The molecule has 0 fully saturated rings. The van der Waals surface area contributed by atoms with Gasteiger partial charge in [0, 0.05) is 0 Å². The molecule has 0 aliphatic heterocycles. The highest BCUT2D eigenvalue weighted by Crippen LogP contribution is 2.07. The van der Waals surface area contributed by atoms with E-state index in [0.29, 0.717) is 0 Å². The van der Waals surface area contributed by atoms with Gasteiger partial charge in [-0.15, -0.1) is 0 Å². The Balaban J connectivity index is 4.90. The maximum absolute atomic E-state index is 11.2. The minimum Gasteiger partial charge on any atom is -0.467 e. The third kappa shape index (κ3) is 1.96. The molecule has 0 amide bonds. The number of aliphatic hydroxyl groups is 1. The fourth-order valence-corrected chi connectivity index (χ4v) is 0.844. The summed E-state index contributed by atoms with van der Waals surface area (Å²) in [6, 6.07) is 0. The van der Waals surface area contributed by atoms with Crippen LogP contribution < -0.4 is 5.32 Å². The zero-order chi connectivity index (χ0) is 10.5. The standard InChI is InChI=1S/C7H13NO5/c1-8-7(4-9,5(10)12-2)6(11)13-3/h8-9H,4H2,1-3H3. The largest absolute Gasteiger partial charge is 0.467 e. The molecule has 0 aromatic rings. The lowest BCUT2D eigenvalue weighted by molar-refractivity contribution is -0.165. The van der Waals surface area contributed by atoms with Gasteiger partial charge in [0.15, 0.2) is 0 Å². The molecule has 2 N–H and O–H groups in total. The summed E-state index contributed by atoms with van der Waals surface area (Å²) in [5.41, 5.74) is -1.82. The van der Waals surface area contributed by atoms with Crippen LogP contribution in [0.2, 0.25) is 0 Å². The molecule has 0 heterocycles. The Morgan fingerprint density at radius 1 is 1.31 bits per heavy atom. The predicted octanol–water partition coefficient (Wildman–Crippen LogP) is -1.72. The first-order valence-electron chi connectivity index (χ1n) is 3.55. The first-order chi connectivity index (χ1) is 6.08. The Morgan fingerprint density at radius 2 is 1.69 bits per heavy atom. The van der Waals surface area contributed by atoms with Crippen molar-refractivity contribution in [3.05, 3.63) is 0 Å². The summed E-state index contributed by atoms with van der Waals surface area (Å²) in [6.07, 6.45) is 0. The van der Waals surface area contributed by atoms with Crippen molar-refractivity contribution in [3.63, 3.8) is 0 Å². The van der Waals surface area contributed by atoms with Gasteiger partial charge < -0.3 is 14.6 Å². The summed E-state index contributed by atoms with van der Waals surface area (Å²) < 4.78 is 8.72. The van der Waals surface area contributed by atoms with E-state index in [-0.39, 0.29) is 0 Å². The van der Waals surface area contributed by atoms with Crippen molar-refractivity contribution in [1.29, 1.82) is 0 Å². The van der Waals surface area contributed by atoms with Gasteiger partial charge in [-0.25, -0.2) is 9.59 Å². The maximum atomic E-state index is 11.2. The lowest BCUT2D eigenvalue weighted by Crippen LogP contribution is -2.60. The van der Waals surface area contributed by atoms with Gasteiger partial charge in [-0.1, -0.05) is 0 Å². The number of rotatable bonds is 4. The molecule has 0 rings (SSSR count). The average Bonchev–Trinajstić information content (AvgIpc) is 2.19.